The van der Waals surface area contributed by atoms with E-state index in [2.05, 4.69) is 25.2 Å². The van der Waals surface area contributed by atoms with Crippen LogP contribution in [0, 0.1) is 12.8 Å². The number of alkyl halides is 1. The number of likely N-dealkylation sites (tertiary alicyclic amines) is 1. The summed E-state index contributed by atoms with van der Waals surface area (Å²) in [4.78, 5) is 14.4. The Kier molecular flexibility index (Phi) is 3.39. The average molecular weight is 318 g/mol. The van der Waals surface area contributed by atoms with Gasteiger partial charge in [0.15, 0.2) is 5.82 Å². The van der Waals surface area contributed by atoms with Crippen molar-refractivity contribution in [1.82, 2.24) is 30.1 Å². The molecule has 1 aliphatic carbocycles. The van der Waals surface area contributed by atoms with Gasteiger partial charge in [0.25, 0.3) is 5.91 Å². The third-order valence-corrected chi connectivity index (χ3v) is 4.79. The molecule has 1 saturated carbocycles. The van der Waals surface area contributed by atoms with E-state index in [-0.39, 0.29) is 18.9 Å². The second-order valence-electron chi connectivity index (χ2n) is 6.49. The highest BCUT2D eigenvalue weighted by Gasteiger charge is 2.39. The van der Waals surface area contributed by atoms with E-state index in [9.17, 15) is 9.18 Å². The summed E-state index contributed by atoms with van der Waals surface area (Å²) in [6.45, 7) is 2.98. The van der Waals surface area contributed by atoms with Gasteiger partial charge in [0.1, 0.15) is 6.17 Å². The molecule has 7 nitrogen and oxygen atoms in total. The molecular weight excluding hydrogens is 299 g/mol. The van der Waals surface area contributed by atoms with Gasteiger partial charge in [-0.1, -0.05) is 5.21 Å². The average Bonchev–Trinajstić information content (AvgIpc) is 2.91. The van der Waals surface area contributed by atoms with Crippen LogP contribution in [0.5, 0.6) is 0 Å². The van der Waals surface area contributed by atoms with E-state index in [1.54, 1.807) is 0 Å². The summed E-state index contributed by atoms with van der Waals surface area (Å²) in [7, 11) is 0. The van der Waals surface area contributed by atoms with Gasteiger partial charge in [-0.05, 0) is 31.7 Å². The molecule has 8 heteroatoms. The van der Waals surface area contributed by atoms with E-state index < -0.39 is 12.2 Å². The molecule has 2 unspecified atom stereocenters. The molecule has 0 aromatic carbocycles. The SMILES string of the molecule is Cc1c(C(=O)N2CC(F)CC2c2nn[nH]n2)ccn1CC1CC1. The topological polar surface area (TPSA) is 79.7 Å². The van der Waals surface area contributed by atoms with Gasteiger partial charge in [0, 0.05) is 24.9 Å². The summed E-state index contributed by atoms with van der Waals surface area (Å²) >= 11 is 0. The van der Waals surface area contributed by atoms with Gasteiger partial charge >= 0.3 is 0 Å². The van der Waals surface area contributed by atoms with Crippen LogP contribution in [-0.4, -0.2) is 48.7 Å². The fraction of sp³-hybridized carbons (Fsp3) is 0.600. The maximum absolute atomic E-state index is 13.9. The maximum Gasteiger partial charge on any atom is 0.256 e. The number of aromatic amines is 1. The molecule has 1 N–H and O–H groups in total. The van der Waals surface area contributed by atoms with Crippen LogP contribution in [0.15, 0.2) is 12.3 Å². The van der Waals surface area contributed by atoms with Crippen molar-refractivity contribution in [2.24, 2.45) is 5.92 Å². The molecule has 0 bridgehead atoms. The predicted octanol–water partition coefficient (Wildman–Crippen LogP) is 1.64. The van der Waals surface area contributed by atoms with Gasteiger partial charge in [0.05, 0.1) is 18.2 Å². The van der Waals surface area contributed by atoms with Gasteiger partial charge in [-0.3, -0.25) is 4.79 Å². The molecule has 1 saturated heterocycles. The lowest BCUT2D eigenvalue weighted by atomic mass is 10.1. The zero-order valence-electron chi connectivity index (χ0n) is 12.9. The number of hydrogen-bond donors (Lipinski definition) is 1. The Morgan fingerprint density at radius 3 is 3.00 bits per heavy atom. The van der Waals surface area contributed by atoms with Gasteiger partial charge in [0.2, 0.25) is 0 Å². The molecule has 2 fully saturated rings. The van der Waals surface area contributed by atoms with E-state index in [0.29, 0.717) is 11.4 Å². The molecule has 2 atom stereocenters. The fourth-order valence-electron chi connectivity index (χ4n) is 3.27. The Labute approximate surface area is 132 Å². The first-order chi connectivity index (χ1) is 11.1. The van der Waals surface area contributed by atoms with Crippen molar-refractivity contribution < 1.29 is 9.18 Å². The molecular formula is C15H19FN6O. The first kappa shape index (κ1) is 14.3. The van der Waals surface area contributed by atoms with Gasteiger partial charge < -0.3 is 9.47 Å². The Bertz CT molecular complexity index is 708. The third-order valence-electron chi connectivity index (χ3n) is 4.79. The van der Waals surface area contributed by atoms with E-state index in [0.717, 1.165) is 18.2 Å². The Morgan fingerprint density at radius 1 is 1.48 bits per heavy atom. The van der Waals surface area contributed by atoms with E-state index >= 15 is 0 Å². The van der Waals surface area contributed by atoms with Crippen molar-refractivity contribution in [2.45, 2.75) is 44.9 Å². The smallest absolute Gasteiger partial charge is 0.256 e. The number of hydrogen-bond acceptors (Lipinski definition) is 4. The molecule has 23 heavy (non-hydrogen) atoms. The zero-order chi connectivity index (χ0) is 16.0. The summed E-state index contributed by atoms with van der Waals surface area (Å²) in [6, 6.07) is 1.38. The largest absolute Gasteiger partial charge is 0.351 e. The van der Waals surface area contributed by atoms with Crippen LogP contribution < -0.4 is 0 Å². The maximum atomic E-state index is 13.9. The number of halogens is 1. The van der Waals surface area contributed by atoms with E-state index in [1.807, 2.05) is 19.2 Å². The lowest BCUT2D eigenvalue weighted by Crippen LogP contribution is -2.32. The van der Waals surface area contributed by atoms with Crippen LogP contribution in [0.1, 0.15) is 47.2 Å². The van der Waals surface area contributed by atoms with Crippen molar-refractivity contribution >= 4 is 5.91 Å². The summed E-state index contributed by atoms with van der Waals surface area (Å²) in [5.74, 6) is 0.943. The molecule has 3 heterocycles. The van der Waals surface area contributed by atoms with Crippen LogP contribution in [0.3, 0.4) is 0 Å². The monoisotopic (exact) mass is 318 g/mol. The minimum atomic E-state index is -1.06. The minimum absolute atomic E-state index is 0.0747. The highest BCUT2D eigenvalue weighted by Crippen LogP contribution is 2.34. The number of carbonyl (C=O) groups excluding carboxylic acids is 1. The highest BCUT2D eigenvalue weighted by molar-refractivity contribution is 5.96. The molecule has 0 radical (unpaired) electrons. The predicted molar refractivity (Wildman–Crippen MR) is 79.4 cm³/mol. The van der Waals surface area contributed by atoms with Crippen LogP contribution in [0.2, 0.25) is 0 Å². The normalized spacial score (nSPS) is 24.3. The van der Waals surface area contributed by atoms with Crippen LogP contribution in [-0.2, 0) is 6.54 Å². The van der Waals surface area contributed by atoms with Crippen molar-refractivity contribution in [2.75, 3.05) is 6.54 Å². The highest BCUT2D eigenvalue weighted by atomic mass is 19.1. The molecule has 0 spiro atoms. The number of aromatic nitrogens is 5. The summed E-state index contributed by atoms with van der Waals surface area (Å²) < 4.78 is 16.0. The molecule has 2 aromatic heterocycles. The van der Waals surface area contributed by atoms with E-state index in [4.69, 9.17) is 0 Å². The molecule has 1 amide bonds. The lowest BCUT2D eigenvalue weighted by Gasteiger charge is -2.22. The van der Waals surface area contributed by atoms with E-state index in [1.165, 1.54) is 17.7 Å². The van der Waals surface area contributed by atoms with Crippen LogP contribution >= 0.6 is 0 Å². The summed E-state index contributed by atoms with van der Waals surface area (Å²) in [6.07, 6.45) is 3.63. The number of rotatable bonds is 4. The number of nitrogens with zero attached hydrogens (tertiary/aromatic N) is 5. The van der Waals surface area contributed by atoms with Crippen LogP contribution in [0.4, 0.5) is 4.39 Å². The fourth-order valence-corrected chi connectivity index (χ4v) is 3.27. The number of amides is 1. The Balaban J connectivity index is 1.58. The van der Waals surface area contributed by atoms with Gasteiger partial charge in [-0.2, -0.15) is 5.21 Å². The Morgan fingerprint density at radius 2 is 2.30 bits per heavy atom. The molecule has 122 valence electrons. The van der Waals surface area contributed by atoms with Crippen molar-refractivity contribution in [3.05, 3.63) is 29.3 Å². The standard InChI is InChI=1S/C15H19FN6O/c1-9-12(4-5-21(9)7-10-2-3-10)15(23)22-8-11(16)6-13(22)14-17-19-20-18-14/h4-5,10-11,13H,2-3,6-8H2,1H3,(H,17,18,19,20). The van der Waals surface area contributed by atoms with Crippen molar-refractivity contribution in [1.29, 1.82) is 0 Å². The summed E-state index contributed by atoms with van der Waals surface area (Å²) in [5, 5.41) is 13.7. The van der Waals surface area contributed by atoms with Gasteiger partial charge in [-0.25, -0.2) is 4.39 Å². The third kappa shape index (κ3) is 2.62. The second kappa shape index (κ2) is 5.43. The second-order valence-corrected chi connectivity index (χ2v) is 6.49. The summed E-state index contributed by atoms with van der Waals surface area (Å²) in [5.41, 5.74) is 1.57. The van der Waals surface area contributed by atoms with Crippen molar-refractivity contribution in [3.63, 3.8) is 0 Å². The van der Waals surface area contributed by atoms with Crippen molar-refractivity contribution in [3.8, 4) is 0 Å². The molecule has 4 rings (SSSR count). The quantitative estimate of drug-likeness (QED) is 0.929. The first-order valence-corrected chi connectivity index (χ1v) is 7.97. The Hall–Kier alpha value is -2.25. The minimum Gasteiger partial charge on any atom is -0.351 e. The first-order valence-electron chi connectivity index (χ1n) is 7.97. The van der Waals surface area contributed by atoms with Gasteiger partial charge in [-0.15, -0.1) is 10.2 Å². The number of tetrazole rings is 1. The lowest BCUT2D eigenvalue weighted by molar-refractivity contribution is 0.0722. The molecule has 2 aliphatic rings. The number of H-pyrrole nitrogens is 1. The molecule has 2 aromatic rings. The number of nitrogens with one attached hydrogen (secondary N) is 1. The molecule has 1 aliphatic heterocycles. The zero-order valence-corrected chi connectivity index (χ0v) is 12.9. The van der Waals surface area contributed by atoms with Crippen LogP contribution in [0.25, 0.3) is 0 Å². The number of carbonyl (C=O) groups is 1.